The molecule has 0 unspecified atom stereocenters. The Morgan fingerprint density at radius 2 is 1.95 bits per heavy atom. The summed E-state index contributed by atoms with van der Waals surface area (Å²) in [4.78, 5) is 13.0. The maximum atomic E-state index is 5.84. The molecule has 1 aromatic heterocycles. The van der Waals surface area contributed by atoms with Gasteiger partial charge in [0.1, 0.15) is 0 Å². The van der Waals surface area contributed by atoms with Gasteiger partial charge in [0.05, 0.1) is 5.52 Å². The molecule has 19 heavy (non-hydrogen) atoms. The fourth-order valence-electron chi connectivity index (χ4n) is 2.31. The summed E-state index contributed by atoms with van der Waals surface area (Å²) in [7, 11) is 2.16. The lowest BCUT2D eigenvalue weighted by Gasteiger charge is -2.34. The first kappa shape index (κ1) is 13.1. The van der Waals surface area contributed by atoms with Crippen molar-refractivity contribution in [2.24, 2.45) is 0 Å². The zero-order valence-corrected chi connectivity index (χ0v) is 12.9. The molecule has 0 amide bonds. The number of halogens is 2. The van der Waals surface area contributed by atoms with Crippen LogP contribution in [0.2, 0.25) is 5.28 Å². The molecule has 1 aromatic carbocycles. The minimum Gasteiger partial charge on any atom is -0.369 e. The Bertz CT molecular complexity index is 611. The Morgan fingerprint density at radius 3 is 2.68 bits per heavy atom. The molecule has 0 bridgehead atoms. The number of fused-ring (bicyclic) bond motifs is 1. The average Bonchev–Trinajstić information content (AvgIpc) is 2.40. The van der Waals surface area contributed by atoms with Crippen molar-refractivity contribution >= 4 is 44.1 Å². The maximum Gasteiger partial charge on any atom is 0.222 e. The molecule has 0 aliphatic carbocycles. The number of nitrogens with zero attached hydrogens (tertiary/aromatic N) is 4. The third-order valence-corrected chi connectivity index (χ3v) is 4.25. The van der Waals surface area contributed by atoms with E-state index in [-0.39, 0.29) is 5.28 Å². The van der Waals surface area contributed by atoms with Gasteiger partial charge in [-0.25, -0.2) is 9.97 Å². The standard InChI is InChI=1S/C13H14BrClN4/c1-18-2-4-19(5-3-18)10-6-9-8-16-13(15)17-12(9)11(14)7-10/h6-8H,2-5H2,1H3. The number of likely N-dealkylation sites (N-methyl/N-ethyl adjacent to an activating group) is 1. The Balaban J connectivity index is 1.99. The van der Waals surface area contributed by atoms with E-state index in [1.165, 1.54) is 5.69 Å². The number of rotatable bonds is 1. The van der Waals surface area contributed by atoms with Crippen LogP contribution in [-0.4, -0.2) is 48.1 Å². The van der Waals surface area contributed by atoms with Crippen LogP contribution in [0.3, 0.4) is 0 Å². The van der Waals surface area contributed by atoms with Crippen molar-refractivity contribution in [3.05, 3.63) is 28.1 Å². The van der Waals surface area contributed by atoms with Gasteiger partial charge in [-0.1, -0.05) is 0 Å². The third kappa shape index (κ3) is 2.68. The largest absolute Gasteiger partial charge is 0.369 e. The molecule has 1 fully saturated rings. The van der Waals surface area contributed by atoms with Crippen molar-refractivity contribution in [3.8, 4) is 0 Å². The summed E-state index contributed by atoms with van der Waals surface area (Å²) in [6.45, 7) is 4.27. The van der Waals surface area contributed by atoms with Crippen LogP contribution in [-0.2, 0) is 0 Å². The Hall–Kier alpha value is -0.910. The van der Waals surface area contributed by atoms with Crippen LogP contribution in [0.4, 0.5) is 5.69 Å². The second kappa shape index (κ2) is 5.23. The number of hydrogen-bond donors (Lipinski definition) is 0. The molecule has 3 rings (SSSR count). The highest BCUT2D eigenvalue weighted by Gasteiger charge is 2.16. The predicted octanol–water partition coefficient (Wildman–Crippen LogP) is 2.80. The number of aromatic nitrogens is 2. The molecular formula is C13H14BrClN4. The van der Waals surface area contributed by atoms with E-state index < -0.39 is 0 Å². The van der Waals surface area contributed by atoms with E-state index in [1.54, 1.807) is 6.20 Å². The molecule has 1 aliphatic rings. The first-order valence-electron chi connectivity index (χ1n) is 6.19. The van der Waals surface area contributed by atoms with Gasteiger partial charge in [-0.3, -0.25) is 0 Å². The molecule has 100 valence electrons. The van der Waals surface area contributed by atoms with Crippen molar-refractivity contribution in [2.75, 3.05) is 38.1 Å². The van der Waals surface area contributed by atoms with Crippen LogP contribution in [0.5, 0.6) is 0 Å². The van der Waals surface area contributed by atoms with Crippen molar-refractivity contribution in [3.63, 3.8) is 0 Å². The summed E-state index contributed by atoms with van der Waals surface area (Å²) in [5.74, 6) is 0. The second-order valence-corrected chi connectivity index (χ2v) is 5.99. The van der Waals surface area contributed by atoms with E-state index in [0.717, 1.165) is 41.6 Å². The van der Waals surface area contributed by atoms with Gasteiger partial charge in [0, 0.05) is 47.9 Å². The lowest BCUT2D eigenvalue weighted by Crippen LogP contribution is -2.44. The molecule has 0 N–H and O–H groups in total. The molecule has 0 atom stereocenters. The smallest absolute Gasteiger partial charge is 0.222 e. The first-order chi connectivity index (χ1) is 9.13. The zero-order valence-electron chi connectivity index (χ0n) is 10.6. The van der Waals surface area contributed by atoms with E-state index in [2.05, 4.69) is 54.9 Å². The highest BCUT2D eigenvalue weighted by molar-refractivity contribution is 9.10. The van der Waals surface area contributed by atoms with Gasteiger partial charge in [-0.2, -0.15) is 0 Å². The summed E-state index contributed by atoms with van der Waals surface area (Å²) in [5, 5.41) is 1.29. The number of benzene rings is 1. The molecule has 1 saturated heterocycles. The van der Waals surface area contributed by atoms with E-state index in [0.29, 0.717) is 0 Å². The van der Waals surface area contributed by atoms with Gasteiger partial charge in [0.2, 0.25) is 5.28 Å². The number of hydrogen-bond acceptors (Lipinski definition) is 4. The van der Waals surface area contributed by atoms with Gasteiger partial charge >= 0.3 is 0 Å². The summed E-state index contributed by atoms with van der Waals surface area (Å²) in [6, 6.07) is 4.23. The summed E-state index contributed by atoms with van der Waals surface area (Å²) in [5.41, 5.74) is 2.07. The minimum absolute atomic E-state index is 0.278. The minimum atomic E-state index is 0.278. The SMILES string of the molecule is CN1CCN(c2cc(Br)c3nc(Cl)ncc3c2)CC1. The molecule has 0 spiro atoms. The highest BCUT2D eigenvalue weighted by atomic mass is 79.9. The van der Waals surface area contributed by atoms with Crippen molar-refractivity contribution in [2.45, 2.75) is 0 Å². The summed E-state index contributed by atoms with van der Waals surface area (Å²) < 4.78 is 0.961. The third-order valence-electron chi connectivity index (χ3n) is 3.46. The molecule has 4 nitrogen and oxygen atoms in total. The van der Waals surface area contributed by atoms with Gasteiger partial charge < -0.3 is 9.80 Å². The molecule has 0 radical (unpaired) electrons. The predicted molar refractivity (Wildman–Crippen MR) is 82.0 cm³/mol. The molecule has 6 heteroatoms. The van der Waals surface area contributed by atoms with Crippen molar-refractivity contribution < 1.29 is 0 Å². The molecule has 2 heterocycles. The van der Waals surface area contributed by atoms with E-state index in [4.69, 9.17) is 11.6 Å². The average molecular weight is 342 g/mol. The monoisotopic (exact) mass is 340 g/mol. The van der Waals surface area contributed by atoms with Crippen LogP contribution in [0.25, 0.3) is 10.9 Å². The Kier molecular flexibility index (Phi) is 3.60. The first-order valence-corrected chi connectivity index (χ1v) is 7.36. The van der Waals surface area contributed by atoms with Gasteiger partial charge in [-0.15, -0.1) is 0 Å². The van der Waals surface area contributed by atoms with Crippen molar-refractivity contribution in [1.82, 2.24) is 14.9 Å². The molecule has 1 aliphatic heterocycles. The zero-order chi connectivity index (χ0) is 13.4. The van der Waals surface area contributed by atoms with Crippen molar-refractivity contribution in [1.29, 1.82) is 0 Å². The van der Waals surface area contributed by atoms with Crippen LogP contribution in [0, 0.1) is 0 Å². The lowest BCUT2D eigenvalue weighted by molar-refractivity contribution is 0.313. The summed E-state index contributed by atoms with van der Waals surface area (Å²) >= 11 is 9.41. The van der Waals surface area contributed by atoms with E-state index >= 15 is 0 Å². The molecular weight excluding hydrogens is 328 g/mol. The van der Waals surface area contributed by atoms with E-state index in [9.17, 15) is 0 Å². The van der Waals surface area contributed by atoms with Crippen LogP contribution >= 0.6 is 27.5 Å². The topological polar surface area (TPSA) is 32.3 Å². The summed E-state index contributed by atoms with van der Waals surface area (Å²) in [6.07, 6.45) is 1.77. The fraction of sp³-hybridized carbons (Fsp3) is 0.385. The Morgan fingerprint density at radius 1 is 1.21 bits per heavy atom. The lowest BCUT2D eigenvalue weighted by atomic mass is 10.2. The van der Waals surface area contributed by atoms with Crippen LogP contribution < -0.4 is 4.90 Å². The van der Waals surface area contributed by atoms with E-state index in [1.807, 2.05) is 0 Å². The number of anilines is 1. The maximum absolute atomic E-state index is 5.84. The second-order valence-electron chi connectivity index (χ2n) is 4.79. The van der Waals surface area contributed by atoms with Gasteiger partial charge in [0.25, 0.3) is 0 Å². The molecule has 2 aromatic rings. The highest BCUT2D eigenvalue weighted by Crippen LogP contribution is 2.29. The van der Waals surface area contributed by atoms with Gasteiger partial charge in [0.15, 0.2) is 0 Å². The van der Waals surface area contributed by atoms with Crippen LogP contribution in [0.1, 0.15) is 0 Å². The van der Waals surface area contributed by atoms with Crippen LogP contribution in [0.15, 0.2) is 22.8 Å². The Labute approximate surface area is 125 Å². The number of piperazine rings is 1. The quantitative estimate of drug-likeness (QED) is 0.747. The molecule has 0 saturated carbocycles. The van der Waals surface area contributed by atoms with Gasteiger partial charge in [-0.05, 0) is 46.7 Å². The normalized spacial score (nSPS) is 17.1. The fourth-order valence-corrected chi connectivity index (χ4v) is 3.00.